The van der Waals surface area contributed by atoms with Gasteiger partial charge in [0.2, 0.25) is 13.6 Å². The smallest absolute Gasteiger partial charge is 0.231 e. The van der Waals surface area contributed by atoms with Crippen LogP contribution >= 0.6 is 23.2 Å². The summed E-state index contributed by atoms with van der Waals surface area (Å²) in [4.78, 5) is 0. The van der Waals surface area contributed by atoms with E-state index in [1.807, 2.05) is 0 Å². The van der Waals surface area contributed by atoms with Gasteiger partial charge in [0.05, 0.1) is 10.0 Å². The highest BCUT2D eigenvalue weighted by atomic mass is 35.5. The molecule has 2 aliphatic heterocycles. The Morgan fingerprint density at radius 3 is 1.71 bits per heavy atom. The molecule has 0 radical (unpaired) electrons. The van der Waals surface area contributed by atoms with Crippen LogP contribution < -0.4 is 18.9 Å². The number of hydrogen-bond acceptors (Lipinski definition) is 5. The first kappa shape index (κ1) is 15.9. The van der Waals surface area contributed by atoms with E-state index in [9.17, 15) is 4.21 Å². The maximum Gasteiger partial charge on any atom is 0.231 e. The number of ether oxygens (including phenoxy) is 4. The highest BCUT2D eigenvalue weighted by Crippen LogP contribution is 2.41. The van der Waals surface area contributed by atoms with E-state index in [0.29, 0.717) is 44.5 Å². The molecule has 8 heteroatoms. The Bertz CT molecular complexity index is 772. The van der Waals surface area contributed by atoms with E-state index in [-0.39, 0.29) is 13.6 Å². The van der Waals surface area contributed by atoms with E-state index in [1.54, 1.807) is 24.3 Å². The Balaban J connectivity index is 1.50. The van der Waals surface area contributed by atoms with Crippen LogP contribution in [0.1, 0.15) is 11.1 Å². The van der Waals surface area contributed by atoms with Gasteiger partial charge in [-0.05, 0) is 35.4 Å². The van der Waals surface area contributed by atoms with E-state index in [0.717, 1.165) is 11.1 Å². The van der Waals surface area contributed by atoms with Crippen LogP contribution in [-0.2, 0) is 22.3 Å². The van der Waals surface area contributed by atoms with E-state index >= 15 is 0 Å². The maximum absolute atomic E-state index is 12.5. The van der Waals surface area contributed by atoms with Gasteiger partial charge in [-0.1, -0.05) is 23.2 Å². The molecule has 2 aromatic rings. The molecule has 0 atom stereocenters. The van der Waals surface area contributed by atoms with E-state index in [4.69, 9.17) is 42.1 Å². The molecule has 4 rings (SSSR count). The van der Waals surface area contributed by atoms with Gasteiger partial charge in [0.25, 0.3) is 0 Å². The fraction of sp³-hybridized carbons (Fsp3) is 0.250. The van der Waals surface area contributed by atoms with Crippen LogP contribution in [0.2, 0.25) is 10.0 Å². The van der Waals surface area contributed by atoms with Crippen molar-refractivity contribution >= 4 is 34.0 Å². The number of fused-ring (bicyclic) bond motifs is 2. The first-order valence-electron chi connectivity index (χ1n) is 7.11. The fourth-order valence-corrected chi connectivity index (χ4v) is 4.39. The molecule has 0 N–H and O–H groups in total. The summed E-state index contributed by atoms with van der Waals surface area (Å²) >= 11 is 12.3. The van der Waals surface area contributed by atoms with Gasteiger partial charge < -0.3 is 18.9 Å². The summed E-state index contributed by atoms with van der Waals surface area (Å²) in [5.41, 5.74) is 1.66. The second-order valence-corrected chi connectivity index (χ2v) is 7.62. The van der Waals surface area contributed by atoms with Gasteiger partial charge in [-0.2, -0.15) is 0 Å². The van der Waals surface area contributed by atoms with Crippen LogP contribution in [0.5, 0.6) is 23.0 Å². The van der Waals surface area contributed by atoms with E-state index in [2.05, 4.69) is 0 Å². The monoisotopic (exact) mass is 386 g/mol. The van der Waals surface area contributed by atoms with Crippen LogP contribution in [0.15, 0.2) is 24.3 Å². The Labute approximate surface area is 150 Å². The lowest BCUT2D eigenvalue weighted by Crippen LogP contribution is -2.00. The molecule has 126 valence electrons. The fourth-order valence-electron chi connectivity index (χ4n) is 2.63. The minimum atomic E-state index is -1.14. The third-order valence-electron chi connectivity index (χ3n) is 3.63. The molecule has 5 nitrogen and oxygen atoms in total. The topological polar surface area (TPSA) is 54.0 Å². The van der Waals surface area contributed by atoms with Gasteiger partial charge in [-0.25, -0.2) is 0 Å². The minimum absolute atomic E-state index is 0.150. The highest BCUT2D eigenvalue weighted by Gasteiger charge is 2.21. The Morgan fingerprint density at radius 2 is 1.25 bits per heavy atom. The third kappa shape index (κ3) is 3.01. The predicted octanol–water partition coefficient (Wildman–Crippen LogP) is 3.90. The number of benzene rings is 2. The second-order valence-electron chi connectivity index (χ2n) is 5.35. The molecule has 0 unspecified atom stereocenters. The molecule has 2 aliphatic rings. The molecule has 0 saturated heterocycles. The quantitative estimate of drug-likeness (QED) is 0.797. The van der Waals surface area contributed by atoms with Gasteiger partial charge in [0, 0.05) is 22.3 Å². The van der Waals surface area contributed by atoms with Gasteiger partial charge in [0.15, 0.2) is 23.0 Å². The van der Waals surface area contributed by atoms with Crippen molar-refractivity contribution < 1.29 is 23.2 Å². The van der Waals surface area contributed by atoms with Gasteiger partial charge in [0.1, 0.15) is 0 Å². The zero-order valence-corrected chi connectivity index (χ0v) is 14.7. The second kappa shape index (κ2) is 6.35. The molecule has 0 bridgehead atoms. The van der Waals surface area contributed by atoms with Crippen molar-refractivity contribution in [1.29, 1.82) is 0 Å². The summed E-state index contributed by atoms with van der Waals surface area (Å²) in [5, 5.41) is 0.922. The van der Waals surface area contributed by atoms with E-state index < -0.39 is 10.8 Å². The zero-order chi connectivity index (χ0) is 16.7. The van der Waals surface area contributed by atoms with Gasteiger partial charge >= 0.3 is 0 Å². The summed E-state index contributed by atoms with van der Waals surface area (Å²) in [6, 6.07) is 7.11. The lowest BCUT2D eigenvalue weighted by atomic mass is 10.2. The minimum Gasteiger partial charge on any atom is -0.454 e. The lowest BCUT2D eigenvalue weighted by Gasteiger charge is -2.07. The molecule has 0 aromatic heterocycles. The molecule has 2 heterocycles. The van der Waals surface area contributed by atoms with Crippen LogP contribution in [0.25, 0.3) is 0 Å². The summed E-state index contributed by atoms with van der Waals surface area (Å²) in [7, 11) is -1.14. The van der Waals surface area contributed by atoms with Gasteiger partial charge in [-0.3, -0.25) is 4.21 Å². The largest absolute Gasteiger partial charge is 0.454 e. The Morgan fingerprint density at radius 1 is 0.792 bits per heavy atom. The van der Waals surface area contributed by atoms with Crippen LogP contribution in [0.3, 0.4) is 0 Å². The molecule has 2 aromatic carbocycles. The number of rotatable bonds is 4. The van der Waals surface area contributed by atoms with E-state index in [1.165, 1.54) is 0 Å². The Kier molecular flexibility index (Phi) is 4.20. The SMILES string of the molecule is O=S(Cc1cc(Cl)c2c(c1)OCO2)Cc1cc(Cl)c2c(c1)OCO2. The van der Waals surface area contributed by atoms with Crippen molar-refractivity contribution in [3.63, 3.8) is 0 Å². The molecule has 0 saturated carbocycles. The van der Waals surface area contributed by atoms with Crippen LogP contribution in [0.4, 0.5) is 0 Å². The molecule has 24 heavy (non-hydrogen) atoms. The van der Waals surface area contributed by atoms with Crippen molar-refractivity contribution in [3.8, 4) is 23.0 Å². The summed E-state index contributed by atoms with van der Waals surface area (Å²) in [6.07, 6.45) is 0. The predicted molar refractivity (Wildman–Crippen MR) is 90.7 cm³/mol. The van der Waals surface area contributed by atoms with Crippen LogP contribution in [-0.4, -0.2) is 17.8 Å². The molecular formula is C16H12Cl2O5S. The maximum atomic E-state index is 12.5. The molecular weight excluding hydrogens is 375 g/mol. The first-order valence-corrected chi connectivity index (χ1v) is 9.35. The molecule has 0 fully saturated rings. The van der Waals surface area contributed by atoms with Crippen molar-refractivity contribution in [3.05, 3.63) is 45.4 Å². The number of halogens is 2. The van der Waals surface area contributed by atoms with Crippen LogP contribution in [0, 0.1) is 0 Å². The molecule has 0 amide bonds. The number of hydrogen-bond donors (Lipinski definition) is 0. The zero-order valence-electron chi connectivity index (χ0n) is 12.3. The van der Waals surface area contributed by atoms with Gasteiger partial charge in [-0.15, -0.1) is 0 Å². The van der Waals surface area contributed by atoms with Crippen molar-refractivity contribution in [2.75, 3.05) is 13.6 Å². The lowest BCUT2D eigenvalue weighted by molar-refractivity contribution is 0.173. The van der Waals surface area contributed by atoms with Crippen molar-refractivity contribution in [2.45, 2.75) is 11.5 Å². The van der Waals surface area contributed by atoms with Crippen molar-refractivity contribution in [2.24, 2.45) is 0 Å². The first-order chi connectivity index (χ1) is 11.6. The summed E-state index contributed by atoms with van der Waals surface area (Å²) in [5.74, 6) is 2.94. The van der Waals surface area contributed by atoms with Crippen molar-refractivity contribution in [1.82, 2.24) is 0 Å². The summed E-state index contributed by atoms with van der Waals surface area (Å²) < 4.78 is 33.7. The normalized spacial score (nSPS) is 14.5. The Hall–Kier alpha value is -1.63. The third-order valence-corrected chi connectivity index (χ3v) is 5.50. The average Bonchev–Trinajstić information content (AvgIpc) is 3.15. The average molecular weight is 387 g/mol. The highest BCUT2D eigenvalue weighted by molar-refractivity contribution is 7.83. The molecule has 0 spiro atoms. The molecule has 0 aliphatic carbocycles. The summed E-state index contributed by atoms with van der Waals surface area (Å²) in [6.45, 7) is 0.300. The standard InChI is InChI=1S/C16H12Cl2O5S/c17-11-1-9(3-13-15(11)22-7-20-13)5-24(19)6-10-2-12(18)16-14(4-10)21-8-23-16/h1-4H,5-8H2.